The molecule has 0 unspecified atom stereocenters. The fourth-order valence-electron chi connectivity index (χ4n) is 1.26. The molecule has 0 aromatic heterocycles. The third-order valence-electron chi connectivity index (χ3n) is 2.35. The lowest BCUT2D eigenvalue weighted by Crippen LogP contribution is -2.28. The van der Waals surface area contributed by atoms with E-state index in [1.54, 1.807) is 0 Å². The van der Waals surface area contributed by atoms with Gasteiger partial charge in [-0.15, -0.1) is 0 Å². The Kier molecular flexibility index (Phi) is 5.72. The van der Waals surface area contributed by atoms with Gasteiger partial charge in [-0.2, -0.15) is 43.2 Å². The first-order valence-corrected chi connectivity index (χ1v) is 8.57. The molecule has 0 aliphatic heterocycles. The normalized spacial score (nSPS) is 13.2. The molecule has 1 rings (SSSR count). The van der Waals surface area contributed by atoms with E-state index < -0.39 is 54.3 Å². The summed E-state index contributed by atoms with van der Waals surface area (Å²) < 4.78 is 128. The molecule has 0 bridgehead atoms. The van der Waals surface area contributed by atoms with E-state index in [1.807, 2.05) is 0 Å². The maximum absolute atomic E-state index is 12.2. The fourth-order valence-corrected chi connectivity index (χ4v) is 2.09. The van der Waals surface area contributed by atoms with Crippen LogP contribution in [0.5, 0.6) is 11.5 Å². The summed E-state index contributed by atoms with van der Waals surface area (Å²) in [7, 11) is -11.6. The van der Waals surface area contributed by atoms with Gasteiger partial charge in [0, 0.05) is 6.07 Å². The van der Waals surface area contributed by atoms with E-state index in [1.165, 1.54) is 0 Å². The maximum atomic E-state index is 12.2. The van der Waals surface area contributed by atoms with Crippen LogP contribution in [-0.4, -0.2) is 40.9 Å². The zero-order valence-electron chi connectivity index (χ0n) is 12.1. The van der Waals surface area contributed by atoms with Crippen molar-refractivity contribution >= 4 is 26.2 Å². The van der Waals surface area contributed by atoms with Gasteiger partial charge >= 0.3 is 37.2 Å². The molecule has 0 heterocycles. The smallest absolute Gasteiger partial charge is 0.496 e. The summed E-state index contributed by atoms with van der Waals surface area (Å²) in [5.74, 6) is -3.92. The summed E-state index contributed by atoms with van der Waals surface area (Å²) in [4.78, 5) is 11.5. The van der Waals surface area contributed by atoms with Crippen LogP contribution < -0.4 is 8.92 Å². The number of carbonyl (C=O) groups excluding carboxylic acids is 1. The van der Waals surface area contributed by atoms with Gasteiger partial charge in [0.1, 0.15) is 17.1 Å². The highest BCUT2D eigenvalue weighted by Crippen LogP contribution is 2.32. The Balaban J connectivity index is 3.20. The van der Waals surface area contributed by atoms with Gasteiger partial charge in [-0.25, -0.2) is 4.79 Å². The lowest BCUT2D eigenvalue weighted by atomic mass is 10.2. The molecule has 0 radical (unpaired) electrons. The molecule has 0 atom stereocenters. The van der Waals surface area contributed by atoms with Crippen molar-refractivity contribution < 1.29 is 61.1 Å². The van der Waals surface area contributed by atoms with Gasteiger partial charge in [0.15, 0.2) is 0 Å². The van der Waals surface area contributed by atoms with Gasteiger partial charge in [-0.05, 0) is 12.1 Å². The topological polar surface area (TPSA) is 113 Å². The van der Waals surface area contributed by atoms with Gasteiger partial charge in [0.2, 0.25) is 0 Å². The minimum absolute atomic E-state index is 0.389. The van der Waals surface area contributed by atoms with Crippen LogP contribution in [0.25, 0.3) is 0 Å². The second-order valence-electron chi connectivity index (χ2n) is 4.12. The van der Waals surface area contributed by atoms with Crippen molar-refractivity contribution in [1.82, 2.24) is 0 Å². The van der Waals surface area contributed by atoms with Crippen LogP contribution in [0.3, 0.4) is 0 Å². The molecule has 0 saturated heterocycles. The number of benzene rings is 1. The van der Waals surface area contributed by atoms with Crippen LogP contribution in [0.4, 0.5) is 26.3 Å². The van der Waals surface area contributed by atoms with E-state index in [9.17, 15) is 48.0 Å². The molecular formula is C10H6F6O8S2. The van der Waals surface area contributed by atoms with E-state index in [0.29, 0.717) is 18.2 Å². The lowest BCUT2D eigenvalue weighted by molar-refractivity contribution is -0.0525. The number of hydrogen-bond donors (Lipinski definition) is 0. The zero-order chi connectivity index (χ0) is 20.6. The van der Waals surface area contributed by atoms with Gasteiger partial charge < -0.3 is 13.1 Å². The molecule has 1 aromatic rings. The predicted octanol–water partition coefficient (Wildman–Crippen LogP) is 1.93. The van der Waals surface area contributed by atoms with Crippen molar-refractivity contribution in [3.63, 3.8) is 0 Å². The largest absolute Gasteiger partial charge is 0.534 e. The first-order chi connectivity index (χ1) is 11.5. The standard InChI is InChI=1S/C10H6F6O8S2/c1-22-7-4-5(23-25(18,19)9(11,12)13)2-3-6(7)8(17)24-26(20,21)10(14,15)16/h2-4H,1H3. The van der Waals surface area contributed by atoms with Crippen LogP contribution in [0.2, 0.25) is 0 Å². The Bertz CT molecular complexity index is 900. The molecule has 0 amide bonds. The second-order valence-corrected chi connectivity index (χ2v) is 7.19. The van der Waals surface area contributed by atoms with E-state index in [-0.39, 0.29) is 0 Å². The quantitative estimate of drug-likeness (QED) is 0.394. The summed E-state index contributed by atoms with van der Waals surface area (Å²) in [5.41, 5.74) is -12.7. The summed E-state index contributed by atoms with van der Waals surface area (Å²) in [5, 5.41) is 0. The number of halogens is 6. The molecular weight excluding hydrogens is 426 g/mol. The van der Waals surface area contributed by atoms with Crippen LogP contribution in [0.15, 0.2) is 18.2 Å². The zero-order valence-corrected chi connectivity index (χ0v) is 13.7. The molecule has 0 spiro atoms. The Hall–Kier alpha value is -2.23. The number of rotatable bonds is 5. The molecule has 0 fully saturated rings. The third kappa shape index (κ3) is 4.69. The molecule has 0 aliphatic carbocycles. The molecule has 1 aromatic carbocycles. The van der Waals surface area contributed by atoms with Crippen molar-refractivity contribution in [3.05, 3.63) is 23.8 Å². The molecule has 148 valence electrons. The van der Waals surface area contributed by atoms with E-state index in [0.717, 1.165) is 7.11 Å². The lowest BCUT2D eigenvalue weighted by Gasteiger charge is -2.13. The fraction of sp³-hybridized carbons (Fsp3) is 0.300. The summed E-state index contributed by atoms with van der Waals surface area (Å²) in [6, 6.07) is 1.26. The highest BCUT2D eigenvalue weighted by atomic mass is 32.2. The van der Waals surface area contributed by atoms with Crippen molar-refractivity contribution in [3.8, 4) is 11.5 Å². The number of alkyl halides is 6. The number of carbonyl (C=O) groups is 1. The highest BCUT2D eigenvalue weighted by molar-refractivity contribution is 7.88. The minimum Gasteiger partial charge on any atom is -0.496 e. The summed E-state index contributed by atoms with van der Waals surface area (Å²) >= 11 is 0. The van der Waals surface area contributed by atoms with Gasteiger partial charge in [-0.1, -0.05) is 0 Å². The highest BCUT2D eigenvalue weighted by Gasteiger charge is 2.50. The first kappa shape index (κ1) is 21.8. The molecule has 16 heteroatoms. The van der Waals surface area contributed by atoms with Gasteiger partial charge in [0.05, 0.1) is 7.11 Å². The van der Waals surface area contributed by atoms with E-state index >= 15 is 0 Å². The Morgan fingerprint density at radius 1 is 0.923 bits per heavy atom. The summed E-state index contributed by atoms with van der Waals surface area (Å²) in [6.07, 6.45) is 0. The molecule has 0 saturated carbocycles. The second kappa shape index (κ2) is 6.82. The van der Waals surface area contributed by atoms with Gasteiger partial charge in [0.25, 0.3) is 0 Å². The Labute approximate surface area is 141 Å². The first-order valence-electron chi connectivity index (χ1n) is 5.75. The number of ether oxygens (including phenoxy) is 1. The number of methoxy groups -OCH3 is 1. The van der Waals surface area contributed by atoms with E-state index in [4.69, 9.17) is 0 Å². The molecule has 26 heavy (non-hydrogen) atoms. The van der Waals surface area contributed by atoms with Crippen molar-refractivity contribution in [2.45, 2.75) is 11.0 Å². The van der Waals surface area contributed by atoms with Crippen molar-refractivity contribution in [2.75, 3.05) is 7.11 Å². The van der Waals surface area contributed by atoms with Crippen LogP contribution in [-0.2, 0) is 24.4 Å². The van der Waals surface area contributed by atoms with Crippen molar-refractivity contribution in [1.29, 1.82) is 0 Å². The molecule has 8 nitrogen and oxygen atoms in total. The minimum atomic E-state index is -6.31. The number of hydrogen-bond acceptors (Lipinski definition) is 8. The monoisotopic (exact) mass is 432 g/mol. The Morgan fingerprint density at radius 2 is 1.42 bits per heavy atom. The van der Waals surface area contributed by atoms with Crippen LogP contribution in [0, 0.1) is 0 Å². The SMILES string of the molecule is COc1cc(OS(=O)(=O)C(F)(F)F)ccc1C(=O)OS(=O)(=O)C(F)(F)F. The van der Waals surface area contributed by atoms with Crippen molar-refractivity contribution in [2.24, 2.45) is 0 Å². The summed E-state index contributed by atoms with van der Waals surface area (Å²) in [6.45, 7) is 0. The molecule has 0 N–H and O–H groups in total. The maximum Gasteiger partial charge on any atom is 0.534 e. The predicted molar refractivity (Wildman–Crippen MR) is 69.0 cm³/mol. The van der Waals surface area contributed by atoms with E-state index in [2.05, 4.69) is 13.1 Å². The van der Waals surface area contributed by atoms with Gasteiger partial charge in [-0.3, -0.25) is 0 Å². The molecule has 0 aliphatic rings. The third-order valence-corrected chi connectivity index (χ3v) is 4.27. The average Bonchev–Trinajstić information content (AvgIpc) is 2.43. The average molecular weight is 432 g/mol. The van der Waals surface area contributed by atoms with Crippen LogP contribution in [0.1, 0.15) is 10.4 Å². The Morgan fingerprint density at radius 3 is 1.85 bits per heavy atom. The van der Waals surface area contributed by atoms with Crippen LogP contribution >= 0.6 is 0 Å².